The molecule has 3 aliphatic heterocycles. The largest absolute Gasteiger partial charge is 0.472 e. The van der Waals surface area contributed by atoms with E-state index >= 15 is 8.78 Å². The molecule has 44 heavy (non-hydrogen) atoms. The van der Waals surface area contributed by atoms with Crippen LogP contribution in [0.1, 0.15) is 12.5 Å². The number of hydrogen-bond donors (Lipinski definition) is 3. The molecule has 0 aliphatic carbocycles. The summed E-state index contributed by atoms with van der Waals surface area (Å²) in [6, 6.07) is 0. The average molecular weight is 658 g/mol. The number of phosphoric acid groups is 1. The first-order valence-electron chi connectivity index (χ1n) is 12.9. The van der Waals surface area contributed by atoms with Gasteiger partial charge in [0.15, 0.2) is 47.7 Å². The van der Waals surface area contributed by atoms with Crippen LogP contribution in [0.4, 0.5) is 20.4 Å². The molecule has 5 N–H and O–H groups in total. The summed E-state index contributed by atoms with van der Waals surface area (Å²) in [4.78, 5) is 34.7. The minimum Gasteiger partial charge on any atom is -0.382 e. The lowest BCUT2D eigenvalue weighted by Gasteiger charge is -2.26. The Bertz CT molecular complexity index is 1840. The maximum Gasteiger partial charge on any atom is 0.472 e. The number of fused-ring (bicyclic) bond motifs is 5. The zero-order valence-corrected chi connectivity index (χ0v) is 24.2. The molecule has 7 rings (SSSR count). The Kier molecular flexibility index (Phi) is 7.18. The number of nitrogens with two attached hydrogens (primary N) is 2. The van der Waals surface area contributed by atoms with Gasteiger partial charge in [-0.25, -0.2) is 43.2 Å². The van der Waals surface area contributed by atoms with Gasteiger partial charge in [0.1, 0.15) is 48.1 Å². The Labute approximate surface area is 245 Å². The highest BCUT2D eigenvalue weighted by Gasteiger charge is 2.54. The van der Waals surface area contributed by atoms with Crippen LogP contribution in [0.5, 0.6) is 0 Å². The number of ether oxygens (including phenoxy) is 2. The van der Waals surface area contributed by atoms with E-state index in [4.69, 9.17) is 39.0 Å². The third-order valence-electron chi connectivity index (χ3n) is 7.30. The van der Waals surface area contributed by atoms with Crippen molar-refractivity contribution in [2.24, 2.45) is 0 Å². The lowest BCUT2D eigenvalue weighted by molar-refractivity contribution is -0.0630. The van der Waals surface area contributed by atoms with Crippen molar-refractivity contribution in [3.63, 3.8) is 0 Å². The normalized spacial score (nSPS) is 38.2. The van der Waals surface area contributed by atoms with E-state index in [0.29, 0.717) is 0 Å². The van der Waals surface area contributed by atoms with Gasteiger partial charge in [-0.2, -0.15) is 0 Å². The predicted molar refractivity (Wildman–Crippen MR) is 145 cm³/mol. The standard InChI is InChI=1S/C20H23BF2N10O9P2/c21-43(34)37-1-7-9(22)14(20(39-7)33-6-31-12-16(25)27-4-29-18(12)33)42-44(35,36)38-2-8-13(41-43)10(23)19(40-8)32-5-30-11-15(24)26-3-28-17(11)32/h3-10,13-14,19-20H,1-2,21H2,(H,35,36)(H2,24,26,28)(H2,25,27,29)/t7-,8-,9+,10-,13-,14-,19-,20-,43?/m1/s1. The van der Waals surface area contributed by atoms with Crippen molar-refractivity contribution >= 4 is 56.8 Å². The van der Waals surface area contributed by atoms with Crippen molar-refractivity contribution in [2.75, 3.05) is 24.7 Å². The third-order valence-corrected chi connectivity index (χ3v) is 9.53. The number of alkyl halides is 2. The van der Waals surface area contributed by atoms with E-state index in [-0.39, 0.29) is 34.0 Å². The molecule has 2 bridgehead atoms. The molecule has 19 nitrogen and oxygen atoms in total. The first kappa shape index (κ1) is 29.5. The van der Waals surface area contributed by atoms with Crippen LogP contribution < -0.4 is 11.5 Å². The maximum atomic E-state index is 16.0. The van der Waals surface area contributed by atoms with Crippen LogP contribution in [-0.4, -0.2) is 101 Å². The summed E-state index contributed by atoms with van der Waals surface area (Å²) in [5, 5.41) is 0. The number of rotatable bonds is 2. The third kappa shape index (κ3) is 5.05. The van der Waals surface area contributed by atoms with E-state index in [1.807, 2.05) is 0 Å². The molecule has 3 saturated heterocycles. The molecule has 0 amide bonds. The number of imidazole rings is 2. The zero-order chi connectivity index (χ0) is 31.0. The van der Waals surface area contributed by atoms with E-state index in [1.165, 1.54) is 21.8 Å². The first-order chi connectivity index (χ1) is 20.9. The van der Waals surface area contributed by atoms with Crippen molar-refractivity contribution in [2.45, 2.75) is 49.2 Å². The van der Waals surface area contributed by atoms with Crippen LogP contribution in [0.25, 0.3) is 22.3 Å². The average Bonchev–Trinajstić information content (AvgIpc) is 3.73. The van der Waals surface area contributed by atoms with Gasteiger partial charge in [-0.05, 0) is 0 Å². The van der Waals surface area contributed by atoms with E-state index in [1.54, 1.807) is 0 Å². The number of nitrogen functional groups attached to an aromatic ring is 2. The number of nitrogens with zero attached hydrogens (tertiary/aromatic N) is 8. The molecule has 3 aliphatic rings. The van der Waals surface area contributed by atoms with Gasteiger partial charge in [0.25, 0.3) is 15.0 Å². The van der Waals surface area contributed by atoms with Crippen LogP contribution in [0, 0.1) is 0 Å². The van der Waals surface area contributed by atoms with Gasteiger partial charge < -0.3 is 34.9 Å². The molecule has 3 fully saturated rings. The minimum absolute atomic E-state index is 0.0264. The van der Waals surface area contributed by atoms with E-state index in [9.17, 15) is 14.0 Å². The molecule has 4 aromatic heterocycles. The zero-order valence-electron chi connectivity index (χ0n) is 22.4. The number of hydrogen-bond acceptors (Lipinski definition) is 16. The monoisotopic (exact) mass is 658 g/mol. The van der Waals surface area contributed by atoms with Gasteiger partial charge >= 0.3 is 7.82 Å². The van der Waals surface area contributed by atoms with Crippen LogP contribution >= 0.6 is 15.3 Å². The molecule has 4 aromatic rings. The smallest absolute Gasteiger partial charge is 0.382 e. The molecule has 0 saturated carbocycles. The fourth-order valence-corrected chi connectivity index (χ4v) is 7.37. The Morgan fingerprint density at radius 3 is 2.00 bits per heavy atom. The van der Waals surface area contributed by atoms with Gasteiger partial charge in [0.05, 0.1) is 25.9 Å². The Hall–Kier alpha value is -3.20. The van der Waals surface area contributed by atoms with Crippen LogP contribution in [0.2, 0.25) is 0 Å². The fourth-order valence-electron chi connectivity index (χ4n) is 5.27. The second-order valence-corrected chi connectivity index (χ2v) is 13.6. The highest BCUT2D eigenvalue weighted by atomic mass is 31.2. The van der Waals surface area contributed by atoms with Crippen molar-refractivity contribution in [1.82, 2.24) is 39.0 Å². The predicted octanol–water partition coefficient (Wildman–Crippen LogP) is -0.0396. The summed E-state index contributed by atoms with van der Waals surface area (Å²) in [6.45, 7) is -1.48. The number of halogens is 2. The molecule has 24 heteroatoms. The molecule has 10 atom stereocenters. The van der Waals surface area contributed by atoms with Gasteiger partial charge in [-0.15, -0.1) is 0 Å². The Morgan fingerprint density at radius 2 is 1.36 bits per heavy atom. The lowest BCUT2D eigenvalue weighted by Crippen LogP contribution is -2.34. The topological polar surface area (TPSA) is 249 Å². The highest BCUT2D eigenvalue weighted by Crippen LogP contribution is 2.54. The SMILES string of the molecule is BP1(=O)OC[C@H]2O[C@@H](n3cnc4c(N)ncnc43)[C@H](OP(=O)(O)OC[C@H]3O[C@@H](n4cnc5c(N)ncnc54)[C@H](F)[C@@H]3O1)[C@H]2F. The summed E-state index contributed by atoms with van der Waals surface area (Å²) in [6.07, 6.45) is -8.71. The summed E-state index contributed by atoms with van der Waals surface area (Å²) in [5.74, 6) is 0.0634. The van der Waals surface area contributed by atoms with Crippen molar-refractivity contribution in [3.05, 3.63) is 25.3 Å². The summed E-state index contributed by atoms with van der Waals surface area (Å²) < 4.78 is 93.7. The Morgan fingerprint density at radius 1 is 0.795 bits per heavy atom. The van der Waals surface area contributed by atoms with Crippen molar-refractivity contribution in [1.29, 1.82) is 0 Å². The number of anilines is 2. The van der Waals surface area contributed by atoms with Crippen LogP contribution in [-0.2, 0) is 36.7 Å². The second-order valence-electron chi connectivity index (χ2n) is 10.2. The van der Waals surface area contributed by atoms with Gasteiger partial charge in [0, 0.05) is 0 Å². The van der Waals surface area contributed by atoms with Crippen molar-refractivity contribution < 1.29 is 50.4 Å². The van der Waals surface area contributed by atoms with Gasteiger partial charge in [-0.3, -0.25) is 22.7 Å². The minimum atomic E-state index is -5.11. The fraction of sp³-hybridized carbons (Fsp3) is 0.500. The van der Waals surface area contributed by atoms with Crippen molar-refractivity contribution in [3.8, 4) is 0 Å². The number of aromatic nitrogens is 8. The van der Waals surface area contributed by atoms with Gasteiger partial charge in [-0.1, -0.05) is 0 Å². The molecule has 2 unspecified atom stereocenters. The van der Waals surface area contributed by atoms with Crippen LogP contribution in [0.3, 0.4) is 0 Å². The van der Waals surface area contributed by atoms with E-state index in [2.05, 4.69) is 29.9 Å². The summed E-state index contributed by atoms with van der Waals surface area (Å²) >= 11 is 0. The molecular formula is C20H23BF2N10O9P2. The number of phosphoric ester groups is 1. The second kappa shape index (κ2) is 10.7. The van der Waals surface area contributed by atoms with Crippen LogP contribution in [0.15, 0.2) is 25.3 Å². The van der Waals surface area contributed by atoms with E-state index in [0.717, 1.165) is 20.2 Å². The first-order valence-corrected chi connectivity index (χ1v) is 16.4. The maximum absolute atomic E-state index is 16.0. The molecule has 234 valence electrons. The Balaban J connectivity index is 1.20. The molecule has 0 spiro atoms. The molecule has 7 heterocycles. The molecular weight excluding hydrogens is 635 g/mol. The van der Waals surface area contributed by atoms with E-state index < -0.39 is 77.7 Å². The molecule has 0 aromatic carbocycles. The lowest BCUT2D eigenvalue weighted by atomic mass is 10.1. The highest BCUT2D eigenvalue weighted by molar-refractivity contribution is 7.79. The summed E-state index contributed by atoms with van der Waals surface area (Å²) in [7, 11) is -8.21. The quantitative estimate of drug-likeness (QED) is 0.189. The van der Waals surface area contributed by atoms with Gasteiger partial charge in [0.2, 0.25) is 0 Å². The molecule has 0 radical (unpaired) electrons. The summed E-state index contributed by atoms with van der Waals surface area (Å²) in [5.41, 5.74) is 12.2.